The molecule has 2 aromatic carbocycles. The second-order valence-electron chi connectivity index (χ2n) is 6.00. The van der Waals surface area contributed by atoms with E-state index < -0.39 is 0 Å². The molecular weight excluding hydrogens is 381 g/mol. The molecule has 0 bridgehead atoms. The van der Waals surface area contributed by atoms with E-state index in [9.17, 15) is 9.18 Å². The van der Waals surface area contributed by atoms with E-state index in [1.807, 2.05) is 33.1 Å². The monoisotopic (exact) mass is 393 g/mol. The molecule has 0 spiro atoms. The van der Waals surface area contributed by atoms with Gasteiger partial charge in [0, 0.05) is 5.69 Å². The maximum absolute atomic E-state index is 13.0. The molecule has 0 atom stereocenters. The Balaban J connectivity index is 1.47. The zero-order valence-corrected chi connectivity index (χ0v) is 15.1. The smallest absolute Gasteiger partial charge is 0.234 e. The van der Waals surface area contributed by atoms with Crippen LogP contribution in [0.25, 0.3) is 22.3 Å². The lowest BCUT2D eigenvalue weighted by Crippen LogP contribution is -2.14. The third-order valence-corrected chi connectivity index (χ3v) is 5.15. The average molecular weight is 393 g/mol. The van der Waals surface area contributed by atoms with Gasteiger partial charge in [-0.3, -0.25) is 13.6 Å². The molecule has 1 N–H and O–H groups in total. The number of rotatable bonds is 4. The lowest BCUT2D eigenvalue weighted by Gasteiger charge is -2.07. The highest BCUT2D eigenvalue weighted by Crippen LogP contribution is 2.25. The van der Waals surface area contributed by atoms with Crippen molar-refractivity contribution >= 4 is 45.7 Å². The minimum absolute atomic E-state index is 0.129. The first-order valence-corrected chi connectivity index (χ1v) is 9.33. The maximum Gasteiger partial charge on any atom is 0.234 e. The third kappa shape index (κ3) is 2.74. The summed E-state index contributed by atoms with van der Waals surface area (Å²) in [6, 6.07) is 13.4. The fraction of sp³-hybridized carbons (Fsp3) is 0.0556. The van der Waals surface area contributed by atoms with Crippen molar-refractivity contribution in [3.8, 4) is 0 Å². The Bertz CT molecular complexity index is 1330. The van der Waals surface area contributed by atoms with E-state index in [0.717, 1.165) is 11.0 Å². The van der Waals surface area contributed by atoms with Crippen LogP contribution in [0.5, 0.6) is 0 Å². The van der Waals surface area contributed by atoms with Crippen LogP contribution < -0.4 is 5.32 Å². The maximum atomic E-state index is 13.0. The molecule has 0 radical (unpaired) electrons. The lowest BCUT2D eigenvalue weighted by molar-refractivity contribution is -0.113. The van der Waals surface area contributed by atoms with Gasteiger partial charge >= 0.3 is 0 Å². The number of benzene rings is 2. The predicted molar refractivity (Wildman–Crippen MR) is 103 cm³/mol. The number of amides is 1. The number of anilines is 1. The molecule has 0 fully saturated rings. The van der Waals surface area contributed by atoms with Crippen LogP contribution >= 0.6 is 11.8 Å². The van der Waals surface area contributed by atoms with Crippen molar-refractivity contribution in [2.75, 3.05) is 11.1 Å². The number of hydrogen-bond donors (Lipinski definition) is 1. The van der Waals surface area contributed by atoms with Gasteiger partial charge in [0.2, 0.25) is 17.2 Å². The summed E-state index contributed by atoms with van der Waals surface area (Å²) in [5.41, 5.74) is 3.49. The molecule has 0 aliphatic rings. The Labute approximate surface area is 161 Å². The number of carbonyl (C=O) groups excluding carboxylic acids is 1. The molecule has 0 saturated carbocycles. The van der Waals surface area contributed by atoms with Gasteiger partial charge in [-0.15, -0.1) is 20.4 Å². The van der Waals surface area contributed by atoms with Gasteiger partial charge in [0.15, 0.2) is 5.16 Å². The van der Waals surface area contributed by atoms with Gasteiger partial charge in [-0.2, -0.15) is 0 Å². The summed E-state index contributed by atoms with van der Waals surface area (Å²) in [6.07, 6.45) is 1.63. The molecule has 3 heterocycles. The molecule has 28 heavy (non-hydrogen) atoms. The zero-order chi connectivity index (χ0) is 19.1. The quantitative estimate of drug-likeness (QED) is 0.472. The van der Waals surface area contributed by atoms with Gasteiger partial charge in [0.1, 0.15) is 12.1 Å². The molecule has 10 heteroatoms. The Morgan fingerprint density at radius 1 is 1.00 bits per heavy atom. The molecule has 0 aliphatic carbocycles. The van der Waals surface area contributed by atoms with Crippen molar-refractivity contribution in [3.63, 3.8) is 0 Å². The number of carbonyl (C=O) groups is 1. The molecule has 5 aromatic rings. The number of aromatic nitrogens is 6. The average Bonchev–Trinajstić information content (AvgIpc) is 3.35. The molecule has 0 unspecified atom stereocenters. The van der Waals surface area contributed by atoms with Gasteiger partial charge in [-0.05, 0) is 36.4 Å². The molecule has 0 aliphatic heterocycles. The van der Waals surface area contributed by atoms with Crippen molar-refractivity contribution in [1.29, 1.82) is 0 Å². The Morgan fingerprint density at radius 2 is 1.79 bits per heavy atom. The van der Waals surface area contributed by atoms with Crippen LogP contribution in [0.4, 0.5) is 10.1 Å². The number of hydrogen-bond acceptors (Lipinski definition) is 6. The van der Waals surface area contributed by atoms with Crippen molar-refractivity contribution in [2.24, 2.45) is 0 Å². The van der Waals surface area contributed by atoms with Crippen LogP contribution in [-0.4, -0.2) is 40.9 Å². The topological polar surface area (TPSA) is 89.5 Å². The lowest BCUT2D eigenvalue weighted by atomic mass is 10.3. The number of para-hydroxylation sites is 2. The van der Waals surface area contributed by atoms with E-state index in [4.69, 9.17) is 0 Å². The SMILES string of the molecule is O=C(CSc1nnc2c3nncn3c3ccccc3n12)Nc1ccc(F)cc1. The highest BCUT2D eigenvalue weighted by molar-refractivity contribution is 7.99. The number of fused-ring (bicyclic) bond motifs is 6. The van der Waals surface area contributed by atoms with E-state index in [0.29, 0.717) is 22.1 Å². The summed E-state index contributed by atoms with van der Waals surface area (Å²) in [6.45, 7) is 0. The molecule has 3 aromatic heterocycles. The fourth-order valence-electron chi connectivity index (χ4n) is 3.01. The van der Waals surface area contributed by atoms with Gasteiger partial charge < -0.3 is 5.32 Å². The first-order chi connectivity index (χ1) is 13.7. The van der Waals surface area contributed by atoms with Gasteiger partial charge in [0.25, 0.3) is 0 Å². The highest BCUT2D eigenvalue weighted by Gasteiger charge is 2.17. The minimum Gasteiger partial charge on any atom is -0.325 e. The Kier molecular flexibility index (Phi) is 3.90. The predicted octanol–water partition coefficient (Wildman–Crippen LogP) is 2.80. The van der Waals surface area contributed by atoms with Crippen LogP contribution in [0.2, 0.25) is 0 Å². The van der Waals surface area contributed by atoms with Gasteiger partial charge in [-0.1, -0.05) is 23.9 Å². The summed E-state index contributed by atoms with van der Waals surface area (Å²) < 4.78 is 16.7. The summed E-state index contributed by atoms with van der Waals surface area (Å²) >= 11 is 1.26. The van der Waals surface area contributed by atoms with E-state index in [1.165, 1.54) is 36.0 Å². The summed E-state index contributed by atoms with van der Waals surface area (Å²) in [5.74, 6) is -0.445. The molecular formula is C18H12FN7OS. The molecule has 0 saturated heterocycles. The first kappa shape index (κ1) is 16.6. The van der Waals surface area contributed by atoms with Crippen molar-refractivity contribution in [3.05, 3.63) is 60.7 Å². The van der Waals surface area contributed by atoms with Crippen LogP contribution in [-0.2, 0) is 4.79 Å². The Hall–Kier alpha value is -3.53. The zero-order valence-electron chi connectivity index (χ0n) is 14.3. The molecule has 138 valence electrons. The van der Waals surface area contributed by atoms with Crippen LogP contribution in [0.1, 0.15) is 0 Å². The van der Waals surface area contributed by atoms with E-state index in [2.05, 4.69) is 25.7 Å². The number of halogens is 1. The van der Waals surface area contributed by atoms with Crippen LogP contribution in [0, 0.1) is 5.82 Å². The van der Waals surface area contributed by atoms with Gasteiger partial charge in [0.05, 0.1) is 16.8 Å². The number of nitrogens with one attached hydrogen (secondary N) is 1. The van der Waals surface area contributed by atoms with Crippen LogP contribution in [0.3, 0.4) is 0 Å². The molecule has 1 amide bonds. The van der Waals surface area contributed by atoms with Gasteiger partial charge in [-0.25, -0.2) is 4.39 Å². The standard InChI is InChI=1S/C18H12FN7OS/c19-11-5-7-12(8-6-11)21-15(27)9-28-18-24-23-17-16-22-20-10-25(16)13-3-1-2-4-14(13)26(17)18/h1-8,10H,9H2,(H,21,27). The number of nitrogens with zero attached hydrogens (tertiary/aromatic N) is 6. The minimum atomic E-state index is -0.353. The number of thioether (sulfide) groups is 1. The van der Waals surface area contributed by atoms with E-state index in [-0.39, 0.29) is 17.5 Å². The van der Waals surface area contributed by atoms with Crippen LogP contribution in [0.15, 0.2) is 60.0 Å². The van der Waals surface area contributed by atoms with Crippen molar-refractivity contribution in [1.82, 2.24) is 29.2 Å². The summed E-state index contributed by atoms with van der Waals surface area (Å²) in [5, 5.41) is 19.9. The normalized spacial score (nSPS) is 11.5. The Morgan fingerprint density at radius 3 is 2.61 bits per heavy atom. The first-order valence-electron chi connectivity index (χ1n) is 8.34. The summed E-state index contributed by atoms with van der Waals surface area (Å²) in [4.78, 5) is 12.3. The van der Waals surface area contributed by atoms with Crippen molar-refractivity contribution in [2.45, 2.75) is 5.16 Å². The summed E-state index contributed by atoms with van der Waals surface area (Å²) in [7, 11) is 0. The fourth-order valence-corrected chi connectivity index (χ4v) is 3.75. The van der Waals surface area contributed by atoms with Crippen molar-refractivity contribution < 1.29 is 9.18 Å². The van der Waals surface area contributed by atoms with E-state index in [1.54, 1.807) is 6.33 Å². The third-order valence-electron chi connectivity index (χ3n) is 4.22. The second-order valence-corrected chi connectivity index (χ2v) is 6.94. The highest BCUT2D eigenvalue weighted by atomic mass is 32.2. The second kappa shape index (κ2) is 6.57. The van der Waals surface area contributed by atoms with E-state index >= 15 is 0 Å². The molecule has 8 nitrogen and oxygen atoms in total. The molecule has 5 rings (SSSR count). The largest absolute Gasteiger partial charge is 0.325 e.